The van der Waals surface area contributed by atoms with Gasteiger partial charge in [0.15, 0.2) is 6.61 Å². The van der Waals surface area contributed by atoms with Crippen LogP contribution in [0.5, 0.6) is 0 Å². The molecule has 21 heavy (non-hydrogen) atoms. The normalized spacial score (nSPS) is 12.1. The second-order valence-electron chi connectivity index (χ2n) is 4.58. The van der Waals surface area contributed by atoms with Gasteiger partial charge in [-0.1, -0.05) is 11.1 Å². The lowest BCUT2D eigenvalue weighted by atomic mass is 9.81. The summed E-state index contributed by atoms with van der Waals surface area (Å²) in [4.78, 5) is 4.75. The fourth-order valence-corrected chi connectivity index (χ4v) is 1.60. The molecule has 0 saturated carbocycles. The van der Waals surface area contributed by atoms with Crippen molar-refractivity contribution < 1.29 is 18.0 Å². The molecule has 7 heteroatoms. The summed E-state index contributed by atoms with van der Waals surface area (Å²) in [7, 11) is 0. The Labute approximate surface area is 122 Å². The molecule has 0 amide bonds. The number of terminal acetylenes is 1. The van der Waals surface area contributed by atoms with Gasteiger partial charge in [-0.15, -0.1) is 6.42 Å². The zero-order valence-corrected chi connectivity index (χ0v) is 11.7. The van der Waals surface area contributed by atoms with E-state index in [0.29, 0.717) is 18.6 Å². The minimum Gasteiger partial charge on any atom is -0.383 e. The first-order valence-corrected chi connectivity index (χ1v) is 6.27. The first-order chi connectivity index (χ1) is 9.78. The molecule has 0 aliphatic carbocycles. The molecule has 0 rings (SSSR count). The Bertz CT molecular complexity index is 464. The van der Waals surface area contributed by atoms with E-state index in [4.69, 9.17) is 21.8 Å². The molecule has 0 aromatic rings. The summed E-state index contributed by atoms with van der Waals surface area (Å²) in [5.74, 6) is 2.23. The highest BCUT2D eigenvalue weighted by molar-refractivity contribution is 5.81. The van der Waals surface area contributed by atoms with Gasteiger partial charge in [-0.25, -0.2) is 0 Å². The molecule has 0 radical (unpaired) electrons. The van der Waals surface area contributed by atoms with Gasteiger partial charge in [-0.3, -0.25) is 0 Å². The first kappa shape index (κ1) is 18.8. The molecule has 0 heterocycles. The Balaban J connectivity index is 4.41. The van der Waals surface area contributed by atoms with Crippen LogP contribution in [0.2, 0.25) is 0 Å². The molecule has 114 valence electrons. The monoisotopic (exact) mass is 299 g/mol. The highest BCUT2D eigenvalue weighted by Gasteiger charge is 2.36. The van der Waals surface area contributed by atoms with E-state index in [-0.39, 0.29) is 13.0 Å². The molecule has 0 bridgehead atoms. The smallest absolute Gasteiger partial charge is 0.383 e. The molecule has 0 aromatic carbocycles. The van der Waals surface area contributed by atoms with E-state index in [1.165, 1.54) is 0 Å². The van der Waals surface area contributed by atoms with Crippen LogP contribution in [0.3, 0.4) is 0 Å². The number of alkyl halides is 3. The SMILES string of the molecule is C#CCON=C(C)CCCC(C#N)(C#N)CCC(F)(F)F. The minimum atomic E-state index is -4.38. The van der Waals surface area contributed by atoms with E-state index in [2.05, 4.69) is 11.1 Å². The van der Waals surface area contributed by atoms with E-state index in [9.17, 15) is 13.2 Å². The van der Waals surface area contributed by atoms with Gasteiger partial charge in [0.25, 0.3) is 0 Å². The summed E-state index contributed by atoms with van der Waals surface area (Å²) in [6.07, 6.45) is -0.234. The zero-order chi connectivity index (χ0) is 16.4. The Hall–Kier alpha value is -2.20. The number of halogens is 3. The molecule has 0 unspecified atom stereocenters. The zero-order valence-electron chi connectivity index (χ0n) is 11.7. The Morgan fingerprint density at radius 2 is 1.81 bits per heavy atom. The van der Waals surface area contributed by atoms with Crippen LogP contribution < -0.4 is 0 Å². The van der Waals surface area contributed by atoms with Gasteiger partial charge < -0.3 is 4.84 Å². The fourth-order valence-electron chi connectivity index (χ4n) is 1.60. The fraction of sp³-hybridized carbons (Fsp3) is 0.643. The molecule has 0 aliphatic rings. The highest BCUT2D eigenvalue weighted by Crippen LogP contribution is 2.34. The number of hydrogen-bond acceptors (Lipinski definition) is 4. The summed E-state index contributed by atoms with van der Waals surface area (Å²) in [6.45, 7) is 1.70. The Morgan fingerprint density at radius 3 is 2.29 bits per heavy atom. The molecular formula is C14H16F3N3O. The third-order valence-electron chi connectivity index (χ3n) is 2.77. The lowest BCUT2D eigenvalue weighted by Gasteiger charge is -2.19. The second kappa shape index (κ2) is 8.87. The van der Waals surface area contributed by atoms with Crippen molar-refractivity contribution in [3.05, 3.63) is 0 Å². The number of oxime groups is 1. The van der Waals surface area contributed by atoms with Crippen LogP contribution in [-0.2, 0) is 4.84 Å². The van der Waals surface area contributed by atoms with Crippen LogP contribution in [0.15, 0.2) is 5.16 Å². The van der Waals surface area contributed by atoms with Crippen LogP contribution in [-0.4, -0.2) is 18.5 Å². The van der Waals surface area contributed by atoms with Crippen LogP contribution >= 0.6 is 0 Å². The van der Waals surface area contributed by atoms with E-state index in [1.54, 1.807) is 19.1 Å². The molecule has 0 saturated heterocycles. The van der Waals surface area contributed by atoms with Gasteiger partial charge in [0.1, 0.15) is 5.41 Å². The first-order valence-electron chi connectivity index (χ1n) is 6.27. The van der Waals surface area contributed by atoms with Crippen molar-refractivity contribution in [1.29, 1.82) is 10.5 Å². The average molecular weight is 299 g/mol. The number of rotatable bonds is 8. The summed E-state index contributed by atoms with van der Waals surface area (Å²) in [6, 6.07) is 3.41. The number of hydrogen-bond donors (Lipinski definition) is 0. The molecule has 0 atom stereocenters. The van der Waals surface area contributed by atoms with Crippen LogP contribution in [0, 0.1) is 40.4 Å². The third kappa shape index (κ3) is 8.55. The number of nitrogens with zero attached hydrogens (tertiary/aromatic N) is 3. The maximum Gasteiger partial charge on any atom is 0.389 e. The molecule has 4 nitrogen and oxygen atoms in total. The molecule has 0 spiro atoms. The lowest BCUT2D eigenvalue weighted by molar-refractivity contribution is -0.138. The molecular weight excluding hydrogens is 283 g/mol. The standard InChI is InChI=1S/C14H16F3N3O/c1-3-9-21-20-12(2)5-4-6-13(10-18,11-19)7-8-14(15,16)17/h1H,4-9H2,2H3. The van der Waals surface area contributed by atoms with Gasteiger partial charge in [0.05, 0.1) is 17.9 Å². The molecule has 0 N–H and O–H groups in total. The molecule has 0 aliphatic heterocycles. The highest BCUT2D eigenvalue weighted by atomic mass is 19.4. The largest absolute Gasteiger partial charge is 0.389 e. The lowest BCUT2D eigenvalue weighted by Crippen LogP contribution is -2.20. The maximum atomic E-state index is 12.2. The van der Waals surface area contributed by atoms with Crippen molar-refractivity contribution in [1.82, 2.24) is 0 Å². The predicted octanol–water partition coefficient (Wildman–Crippen LogP) is 3.56. The predicted molar refractivity (Wildman–Crippen MR) is 70.7 cm³/mol. The molecule has 0 aromatic heterocycles. The average Bonchev–Trinajstić information content (AvgIpc) is 2.42. The van der Waals surface area contributed by atoms with Crippen molar-refractivity contribution in [2.45, 2.75) is 45.2 Å². The van der Waals surface area contributed by atoms with Crippen molar-refractivity contribution in [2.75, 3.05) is 6.61 Å². The summed E-state index contributed by atoms with van der Waals surface area (Å²) >= 11 is 0. The van der Waals surface area contributed by atoms with Crippen molar-refractivity contribution in [3.8, 4) is 24.5 Å². The minimum absolute atomic E-state index is 0.0310. The summed E-state index contributed by atoms with van der Waals surface area (Å²) < 4.78 is 36.6. The quantitative estimate of drug-likeness (QED) is 0.298. The van der Waals surface area contributed by atoms with Gasteiger partial charge in [-0.05, 0) is 32.6 Å². The van der Waals surface area contributed by atoms with Gasteiger partial charge >= 0.3 is 6.18 Å². The number of nitriles is 2. The molecule has 0 fully saturated rings. The van der Waals surface area contributed by atoms with E-state index in [1.807, 2.05) is 0 Å². The summed E-state index contributed by atoms with van der Waals surface area (Å²) in [5.41, 5.74) is -1.01. The topological polar surface area (TPSA) is 69.2 Å². The van der Waals surface area contributed by atoms with Gasteiger partial charge in [0.2, 0.25) is 0 Å². The Morgan fingerprint density at radius 1 is 1.19 bits per heavy atom. The van der Waals surface area contributed by atoms with Crippen LogP contribution in [0.1, 0.15) is 39.0 Å². The summed E-state index contributed by atoms with van der Waals surface area (Å²) in [5, 5.41) is 21.7. The van der Waals surface area contributed by atoms with E-state index < -0.39 is 24.4 Å². The Kier molecular flexibility index (Phi) is 7.94. The van der Waals surface area contributed by atoms with Crippen molar-refractivity contribution in [2.24, 2.45) is 10.6 Å². The second-order valence-corrected chi connectivity index (χ2v) is 4.58. The third-order valence-corrected chi connectivity index (χ3v) is 2.77. The van der Waals surface area contributed by atoms with Crippen LogP contribution in [0.25, 0.3) is 0 Å². The van der Waals surface area contributed by atoms with Crippen molar-refractivity contribution in [3.63, 3.8) is 0 Å². The van der Waals surface area contributed by atoms with Crippen LogP contribution in [0.4, 0.5) is 13.2 Å². The van der Waals surface area contributed by atoms with Gasteiger partial charge in [0, 0.05) is 6.42 Å². The van der Waals surface area contributed by atoms with Gasteiger partial charge in [-0.2, -0.15) is 23.7 Å². The van der Waals surface area contributed by atoms with Crippen molar-refractivity contribution >= 4 is 5.71 Å². The van der Waals surface area contributed by atoms with E-state index >= 15 is 0 Å². The maximum absolute atomic E-state index is 12.2. The van der Waals surface area contributed by atoms with E-state index in [0.717, 1.165) is 0 Å².